The van der Waals surface area contributed by atoms with Gasteiger partial charge in [-0.05, 0) is 36.1 Å². The number of nitrogens with one attached hydrogen (secondary N) is 1. The van der Waals surface area contributed by atoms with E-state index >= 15 is 0 Å². The van der Waals surface area contributed by atoms with E-state index in [0.29, 0.717) is 15.6 Å². The Labute approximate surface area is 151 Å². The van der Waals surface area contributed by atoms with E-state index in [2.05, 4.69) is 29.6 Å². The Morgan fingerprint density at radius 3 is 2.75 bits per heavy atom. The number of nitriles is 1. The number of thioether (sulfide) groups is 1. The molecule has 5 heteroatoms. The number of benzene rings is 1. The topological polar surface area (TPSA) is 52.9 Å². The van der Waals surface area contributed by atoms with Crippen LogP contribution < -0.4 is 5.32 Å². The van der Waals surface area contributed by atoms with Crippen LogP contribution in [0.3, 0.4) is 0 Å². The first kappa shape index (κ1) is 16.9. The molecule has 1 heterocycles. The molecule has 0 spiro atoms. The first-order valence-electron chi connectivity index (χ1n) is 7.85. The number of allylic oxidation sites excluding steroid dienone is 4. The molecule has 0 bridgehead atoms. The molecular formula is C19H17ClN2OS. The molecule has 0 radical (unpaired) electrons. The van der Waals surface area contributed by atoms with Crippen molar-refractivity contribution in [3.05, 3.63) is 69.3 Å². The van der Waals surface area contributed by atoms with Crippen LogP contribution in [0, 0.1) is 11.3 Å². The number of amides is 1. The van der Waals surface area contributed by atoms with Gasteiger partial charge >= 0.3 is 0 Å². The van der Waals surface area contributed by atoms with E-state index in [-0.39, 0.29) is 18.2 Å². The minimum atomic E-state index is -0.209. The van der Waals surface area contributed by atoms with E-state index in [1.165, 1.54) is 17.3 Å². The minimum absolute atomic E-state index is 0.0513. The van der Waals surface area contributed by atoms with Crippen LogP contribution in [-0.2, 0) is 4.79 Å². The predicted molar refractivity (Wildman–Crippen MR) is 98.5 cm³/mol. The van der Waals surface area contributed by atoms with Gasteiger partial charge in [-0.3, -0.25) is 4.79 Å². The Bertz CT molecular complexity index is 772. The summed E-state index contributed by atoms with van der Waals surface area (Å²) in [5.41, 5.74) is 2.81. The summed E-state index contributed by atoms with van der Waals surface area (Å²) < 4.78 is 0. The van der Waals surface area contributed by atoms with Gasteiger partial charge in [0, 0.05) is 23.1 Å². The van der Waals surface area contributed by atoms with Gasteiger partial charge in [0.15, 0.2) is 0 Å². The molecule has 1 amide bonds. The van der Waals surface area contributed by atoms with Crippen molar-refractivity contribution in [2.75, 3.05) is 5.75 Å². The van der Waals surface area contributed by atoms with Crippen molar-refractivity contribution in [3.63, 3.8) is 0 Å². The van der Waals surface area contributed by atoms with E-state index in [1.54, 1.807) is 12.1 Å². The van der Waals surface area contributed by atoms with Gasteiger partial charge in [0.1, 0.15) is 0 Å². The first-order valence-corrected chi connectivity index (χ1v) is 9.21. The van der Waals surface area contributed by atoms with Crippen LogP contribution in [-0.4, -0.2) is 11.7 Å². The molecule has 3 nitrogen and oxygen atoms in total. The van der Waals surface area contributed by atoms with Gasteiger partial charge in [0.25, 0.3) is 0 Å². The highest BCUT2D eigenvalue weighted by Crippen LogP contribution is 2.36. The van der Waals surface area contributed by atoms with Crippen LogP contribution in [0.25, 0.3) is 0 Å². The molecule has 0 unspecified atom stereocenters. The molecule has 1 atom stereocenters. The molecule has 1 N–H and O–H groups in total. The summed E-state index contributed by atoms with van der Waals surface area (Å²) in [6.07, 6.45) is 8.90. The minimum Gasteiger partial charge on any atom is -0.320 e. The zero-order valence-corrected chi connectivity index (χ0v) is 14.7. The van der Waals surface area contributed by atoms with Crippen LogP contribution in [0.4, 0.5) is 0 Å². The van der Waals surface area contributed by atoms with Crippen LogP contribution in [0.5, 0.6) is 0 Å². The molecule has 2 aliphatic rings. The van der Waals surface area contributed by atoms with Crippen LogP contribution in [0.15, 0.2) is 58.7 Å². The largest absolute Gasteiger partial charge is 0.320 e. The first-order chi connectivity index (χ1) is 11.7. The van der Waals surface area contributed by atoms with E-state index in [4.69, 9.17) is 11.6 Å². The van der Waals surface area contributed by atoms with Crippen LogP contribution >= 0.6 is 23.4 Å². The van der Waals surface area contributed by atoms with E-state index in [0.717, 1.165) is 24.2 Å². The third-order valence-corrected chi connectivity index (χ3v) is 5.42. The normalized spacial score (nSPS) is 20.4. The van der Waals surface area contributed by atoms with Gasteiger partial charge in [-0.1, -0.05) is 42.0 Å². The molecular weight excluding hydrogens is 340 g/mol. The second kappa shape index (κ2) is 7.74. The average molecular weight is 357 g/mol. The molecule has 0 aromatic heterocycles. The summed E-state index contributed by atoms with van der Waals surface area (Å²) in [6.45, 7) is 0. The summed E-state index contributed by atoms with van der Waals surface area (Å²) in [7, 11) is 0. The van der Waals surface area contributed by atoms with E-state index < -0.39 is 0 Å². The maximum atomic E-state index is 12.1. The van der Waals surface area contributed by atoms with Crippen LogP contribution in [0.1, 0.15) is 30.7 Å². The molecule has 1 aromatic rings. The van der Waals surface area contributed by atoms with Crippen molar-refractivity contribution >= 4 is 29.3 Å². The highest BCUT2D eigenvalue weighted by molar-refractivity contribution is 8.03. The third-order valence-electron chi connectivity index (χ3n) is 4.08. The predicted octanol–water partition coefficient (Wildman–Crippen LogP) is 4.69. The molecule has 0 saturated carbocycles. The fourth-order valence-corrected chi connectivity index (χ4v) is 4.02. The highest BCUT2D eigenvalue weighted by atomic mass is 35.5. The summed E-state index contributed by atoms with van der Waals surface area (Å²) in [4.78, 5) is 12.1. The molecule has 3 rings (SSSR count). The second-order valence-electron chi connectivity index (χ2n) is 5.76. The van der Waals surface area contributed by atoms with Crippen LogP contribution in [0.2, 0.25) is 5.02 Å². The molecule has 122 valence electrons. The quantitative estimate of drug-likeness (QED) is 0.851. The average Bonchev–Trinajstić information content (AvgIpc) is 2.61. The van der Waals surface area contributed by atoms with Crippen molar-refractivity contribution in [1.82, 2.24) is 5.32 Å². The summed E-state index contributed by atoms with van der Waals surface area (Å²) in [5.74, 6) is 0.494. The smallest absolute Gasteiger partial charge is 0.225 e. The summed E-state index contributed by atoms with van der Waals surface area (Å²) in [6, 6.07) is 9.66. The highest BCUT2D eigenvalue weighted by Gasteiger charge is 2.29. The zero-order chi connectivity index (χ0) is 16.9. The number of carbonyl (C=O) groups excluding carboxylic acids is 1. The lowest BCUT2D eigenvalue weighted by Gasteiger charge is -2.25. The van der Waals surface area contributed by atoms with Gasteiger partial charge in [-0.2, -0.15) is 5.26 Å². The zero-order valence-electron chi connectivity index (χ0n) is 13.1. The van der Waals surface area contributed by atoms with Gasteiger partial charge in [0.05, 0.1) is 16.7 Å². The third kappa shape index (κ3) is 3.92. The SMILES string of the molecule is N#CC1=C(SCC2=CCCC=C2)NC(=O)C[C@@H]1c1ccc(Cl)cc1. The molecule has 0 saturated heterocycles. The number of nitrogens with zero attached hydrogens (tertiary/aromatic N) is 1. The number of hydrogen-bond donors (Lipinski definition) is 1. The number of carbonyl (C=O) groups is 1. The van der Waals surface area contributed by atoms with Crippen molar-refractivity contribution < 1.29 is 4.79 Å². The molecule has 1 aliphatic carbocycles. The van der Waals surface area contributed by atoms with Gasteiger partial charge < -0.3 is 5.32 Å². The fourth-order valence-electron chi connectivity index (χ4n) is 2.84. The van der Waals surface area contributed by atoms with Crippen molar-refractivity contribution in [3.8, 4) is 6.07 Å². The number of halogens is 1. The van der Waals surface area contributed by atoms with Crippen molar-refractivity contribution in [2.45, 2.75) is 25.2 Å². The molecule has 24 heavy (non-hydrogen) atoms. The maximum Gasteiger partial charge on any atom is 0.225 e. The Balaban J connectivity index is 1.85. The Kier molecular flexibility index (Phi) is 5.44. The summed E-state index contributed by atoms with van der Waals surface area (Å²) >= 11 is 7.46. The summed E-state index contributed by atoms with van der Waals surface area (Å²) in [5, 5.41) is 13.8. The Morgan fingerprint density at radius 1 is 1.29 bits per heavy atom. The molecule has 1 aliphatic heterocycles. The Hall–Kier alpha value is -1.96. The lowest BCUT2D eigenvalue weighted by molar-refractivity contribution is -0.120. The monoisotopic (exact) mass is 356 g/mol. The second-order valence-corrected chi connectivity index (χ2v) is 7.18. The van der Waals surface area contributed by atoms with Gasteiger partial charge in [0.2, 0.25) is 5.91 Å². The van der Waals surface area contributed by atoms with E-state index in [1.807, 2.05) is 12.1 Å². The maximum absolute atomic E-state index is 12.1. The number of hydrogen-bond acceptors (Lipinski definition) is 3. The lowest BCUT2D eigenvalue weighted by Crippen LogP contribution is -2.31. The lowest BCUT2D eigenvalue weighted by atomic mass is 9.87. The fraction of sp³-hybridized carbons (Fsp3) is 0.263. The Morgan fingerprint density at radius 2 is 2.08 bits per heavy atom. The van der Waals surface area contributed by atoms with Crippen molar-refractivity contribution in [2.24, 2.45) is 0 Å². The molecule has 1 aromatic carbocycles. The number of rotatable bonds is 4. The van der Waals surface area contributed by atoms with Gasteiger partial charge in [-0.15, -0.1) is 11.8 Å². The van der Waals surface area contributed by atoms with Crippen molar-refractivity contribution in [1.29, 1.82) is 5.26 Å². The van der Waals surface area contributed by atoms with E-state index in [9.17, 15) is 10.1 Å². The standard InChI is InChI=1S/C19H17ClN2OS/c20-15-8-6-14(7-9-15)16-10-18(23)22-19(17(16)11-21)24-12-13-4-2-1-3-5-13/h2,4-9,16H,1,3,10,12H2,(H,22,23)/t16-/m1/s1. The molecule has 0 fully saturated rings. The van der Waals surface area contributed by atoms with Gasteiger partial charge in [-0.25, -0.2) is 0 Å².